The van der Waals surface area contributed by atoms with E-state index in [9.17, 15) is 4.79 Å². The maximum atomic E-state index is 11.6. The Hall–Kier alpha value is -2.02. The predicted molar refractivity (Wildman–Crippen MR) is 78.3 cm³/mol. The SMILES string of the molecule is Cc1ccc(CC[C@H](C#N)NC(=O)OC(C)(C)C)cc1. The molecule has 0 aliphatic carbocycles. The van der Waals surface area contributed by atoms with Gasteiger partial charge in [-0.3, -0.25) is 0 Å². The number of carbonyl (C=O) groups is 1. The summed E-state index contributed by atoms with van der Waals surface area (Å²) in [5.74, 6) is 0. The molecule has 20 heavy (non-hydrogen) atoms. The second kappa shape index (κ2) is 6.95. The Labute approximate surface area is 120 Å². The Balaban J connectivity index is 2.46. The Morgan fingerprint density at radius 2 is 1.95 bits per heavy atom. The Kier molecular flexibility index (Phi) is 5.57. The van der Waals surface area contributed by atoms with Crippen molar-refractivity contribution in [1.29, 1.82) is 5.26 Å². The number of benzene rings is 1. The van der Waals surface area contributed by atoms with Gasteiger partial charge in [0.05, 0.1) is 6.07 Å². The first-order valence-corrected chi connectivity index (χ1v) is 6.75. The predicted octanol–water partition coefficient (Wildman–Crippen LogP) is 3.34. The lowest BCUT2D eigenvalue weighted by Gasteiger charge is -2.21. The van der Waals surface area contributed by atoms with Gasteiger partial charge in [-0.15, -0.1) is 0 Å². The van der Waals surface area contributed by atoms with Gasteiger partial charge in [0.1, 0.15) is 11.6 Å². The van der Waals surface area contributed by atoms with Crippen LogP contribution in [0.25, 0.3) is 0 Å². The van der Waals surface area contributed by atoms with Crippen molar-refractivity contribution in [3.8, 4) is 6.07 Å². The standard InChI is InChI=1S/C16H22N2O2/c1-12-5-7-13(8-6-12)9-10-14(11-17)18-15(19)20-16(2,3)4/h5-8,14H,9-10H2,1-4H3,(H,18,19)/t14-/m1/s1. The van der Waals surface area contributed by atoms with Crippen LogP contribution in [0.2, 0.25) is 0 Å². The van der Waals surface area contributed by atoms with E-state index in [2.05, 4.69) is 11.4 Å². The summed E-state index contributed by atoms with van der Waals surface area (Å²) in [7, 11) is 0. The molecule has 1 rings (SSSR count). The van der Waals surface area contributed by atoms with Crippen LogP contribution >= 0.6 is 0 Å². The Bertz CT molecular complexity index is 481. The summed E-state index contributed by atoms with van der Waals surface area (Å²) in [6.07, 6.45) is 0.764. The molecule has 0 aromatic heterocycles. The van der Waals surface area contributed by atoms with Crippen LogP contribution in [-0.4, -0.2) is 17.7 Å². The molecule has 4 heteroatoms. The summed E-state index contributed by atoms with van der Waals surface area (Å²) < 4.78 is 5.14. The lowest BCUT2D eigenvalue weighted by Crippen LogP contribution is -2.38. The number of rotatable bonds is 4. The zero-order valence-corrected chi connectivity index (χ0v) is 12.6. The van der Waals surface area contributed by atoms with E-state index < -0.39 is 17.7 Å². The number of carbonyl (C=O) groups excluding carboxylic acids is 1. The molecule has 0 bridgehead atoms. The minimum atomic E-state index is -0.555. The van der Waals surface area contributed by atoms with Crippen LogP contribution in [0.5, 0.6) is 0 Å². The van der Waals surface area contributed by atoms with Crippen molar-refractivity contribution < 1.29 is 9.53 Å². The molecule has 0 heterocycles. The molecule has 1 N–H and O–H groups in total. The molecule has 0 spiro atoms. The van der Waals surface area contributed by atoms with Crippen LogP contribution < -0.4 is 5.32 Å². The van der Waals surface area contributed by atoms with E-state index in [0.29, 0.717) is 6.42 Å². The molecule has 1 aromatic rings. The minimum absolute atomic E-state index is 0.536. The first-order chi connectivity index (χ1) is 9.30. The number of alkyl carbamates (subject to hydrolysis) is 1. The molecule has 1 aromatic carbocycles. The highest BCUT2D eigenvalue weighted by atomic mass is 16.6. The molecule has 0 saturated carbocycles. The van der Waals surface area contributed by atoms with E-state index >= 15 is 0 Å². The second-order valence-corrected chi connectivity index (χ2v) is 5.85. The first-order valence-electron chi connectivity index (χ1n) is 6.75. The van der Waals surface area contributed by atoms with Gasteiger partial charge in [-0.25, -0.2) is 4.79 Å². The fourth-order valence-corrected chi connectivity index (χ4v) is 1.68. The van der Waals surface area contributed by atoms with Gasteiger partial charge >= 0.3 is 6.09 Å². The van der Waals surface area contributed by atoms with E-state index in [-0.39, 0.29) is 0 Å². The van der Waals surface area contributed by atoms with E-state index in [1.165, 1.54) is 5.56 Å². The maximum absolute atomic E-state index is 11.6. The van der Waals surface area contributed by atoms with Gasteiger partial charge in [-0.2, -0.15) is 5.26 Å². The number of aryl methyl sites for hydroxylation is 2. The molecule has 4 nitrogen and oxygen atoms in total. The summed E-state index contributed by atoms with van der Waals surface area (Å²) in [4.78, 5) is 11.6. The quantitative estimate of drug-likeness (QED) is 0.915. The normalized spacial score (nSPS) is 12.3. The van der Waals surface area contributed by atoms with E-state index in [1.54, 1.807) is 20.8 Å². The molecule has 1 atom stereocenters. The number of nitrogens with zero attached hydrogens (tertiary/aromatic N) is 1. The molecule has 108 valence electrons. The second-order valence-electron chi connectivity index (χ2n) is 5.85. The first kappa shape index (κ1) is 16.0. The Morgan fingerprint density at radius 1 is 1.35 bits per heavy atom. The summed E-state index contributed by atoms with van der Waals surface area (Å²) in [5.41, 5.74) is 1.81. The minimum Gasteiger partial charge on any atom is -0.444 e. The fraction of sp³-hybridized carbons (Fsp3) is 0.500. The summed E-state index contributed by atoms with van der Waals surface area (Å²) in [6.45, 7) is 7.41. The van der Waals surface area contributed by atoms with E-state index in [0.717, 1.165) is 12.0 Å². The zero-order chi connectivity index (χ0) is 15.2. The van der Waals surface area contributed by atoms with Crippen LogP contribution in [0.3, 0.4) is 0 Å². The fourth-order valence-electron chi connectivity index (χ4n) is 1.68. The van der Waals surface area contributed by atoms with Crippen LogP contribution in [-0.2, 0) is 11.2 Å². The van der Waals surface area contributed by atoms with Gasteiger partial charge in [0, 0.05) is 0 Å². The Morgan fingerprint density at radius 3 is 2.45 bits per heavy atom. The molecule has 0 fully saturated rings. The van der Waals surface area contributed by atoms with Crippen molar-refractivity contribution >= 4 is 6.09 Å². The molecule has 0 aliphatic heterocycles. The molecule has 0 aliphatic rings. The molecule has 1 amide bonds. The molecule has 0 radical (unpaired) electrons. The average molecular weight is 274 g/mol. The van der Waals surface area contributed by atoms with Crippen LogP contribution in [0.15, 0.2) is 24.3 Å². The van der Waals surface area contributed by atoms with Gasteiger partial charge in [0.15, 0.2) is 0 Å². The third-order valence-electron chi connectivity index (χ3n) is 2.69. The van der Waals surface area contributed by atoms with Gasteiger partial charge < -0.3 is 10.1 Å². The monoisotopic (exact) mass is 274 g/mol. The van der Waals surface area contributed by atoms with Crippen molar-refractivity contribution in [3.05, 3.63) is 35.4 Å². The number of ether oxygens (including phenoxy) is 1. The maximum Gasteiger partial charge on any atom is 0.408 e. The van der Waals surface area contributed by atoms with Crippen molar-refractivity contribution in [3.63, 3.8) is 0 Å². The smallest absolute Gasteiger partial charge is 0.408 e. The van der Waals surface area contributed by atoms with Gasteiger partial charge in [-0.1, -0.05) is 29.8 Å². The summed E-state index contributed by atoms with van der Waals surface area (Å²) >= 11 is 0. The van der Waals surface area contributed by atoms with E-state index in [4.69, 9.17) is 10.00 Å². The lowest BCUT2D eigenvalue weighted by molar-refractivity contribution is 0.0514. The van der Waals surface area contributed by atoms with Crippen molar-refractivity contribution in [1.82, 2.24) is 5.32 Å². The van der Waals surface area contributed by atoms with Crippen LogP contribution in [0, 0.1) is 18.3 Å². The zero-order valence-electron chi connectivity index (χ0n) is 12.6. The third kappa shape index (κ3) is 6.24. The molecular weight excluding hydrogens is 252 g/mol. The van der Waals surface area contributed by atoms with Crippen molar-refractivity contribution in [2.24, 2.45) is 0 Å². The average Bonchev–Trinajstić information content (AvgIpc) is 2.34. The summed E-state index contributed by atoms with van der Waals surface area (Å²) in [6, 6.07) is 9.71. The number of nitrogens with one attached hydrogen (secondary N) is 1. The molecule has 0 unspecified atom stereocenters. The largest absolute Gasteiger partial charge is 0.444 e. The highest BCUT2D eigenvalue weighted by Gasteiger charge is 2.19. The van der Waals surface area contributed by atoms with Crippen molar-refractivity contribution in [2.75, 3.05) is 0 Å². The van der Waals surface area contributed by atoms with Crippen molar-refractivity contribution in [2.45, 2.75) is 52.2 Å². The highest BCUT2D eigenvalue weighted by molar-refractivity contribution is 5.68. The number of hydrogen-bond acceptors (Lipinski definition) is 3. The van der Waals surface area contributed by atoms with E-state index in [1.807, 2.05) is 31.2 Å². The third-order valence-corrected chi connectivity index (χ3v) is 2.69. The number of nitriles is 1. The summed E-state index contributed by atoms with van der Waals surface area (Å²) in [5, 5.41) is 11.7. The van der Waals surface area contributed by atoms with Gasteiger partial charge in [0.25, 0.3) is 0 Å². The van der Waals surface area contributed by atoms with Crippen LogP contribution in [0.1, 0.15) is 38.3 Å². The van der Waals surface area contributed by atoms with Gasteiger partial charge in [0.2, 0.25) is 0 Å². The molecular formula is C16H22N2O2. The number of amides is 1. The number of hydrogen-bond donors (Lipinski definition) is 1. The topological polar surface area (TPSA) is 62.1 Å². The van der Waals surface area contributed by atoms with Gasteiger partial charge in [-0.05, 0) is 46.1 Å². The molecule has 0 saturated heterocycles. The lowest BCUT2D eigenvalue weighted by atomic mass is 10.0. The highest BCUT2D eigenvalue weighted by Crippen LogP contribution is 2.09. The van der Waals surface area contributed by atoms with Crippen LogP contribution in [0.4, 0.5) is 4.79 Å².